The number of nitrogens with one attached hydrogen (secondary N) is 3. The molecule has 9 heteroatoms. The maximum atomic E-state index is 13.3. The van der Waals surface area contributed by atoms with Crippen LogP contribution >= 0.6 is 0 Å². The number of hydrogen-bond donors (Lipinski definition) is 3. The number of ether oxygens (including phenoxy) is 1. The summed E-state index contributed by atoms with van der Waals surface area (Å²) in [5, 5.41) is 9.12. The zero-order valence-corrected chi connectivity index (χ0v) is 18.0. The van der Waals surface area contributed by atoms with Crippen LogP contribution in [0.5, 0.6) is 5.75 Å². The number of halogens is 3. The van der Waals surface area contributed by atoms with Crippen molar-refractivity contribution >= 4 is 11.8 Å². The summed E-state index contributed by atoms with van der Waals surface area (Å²) in [4.78, 5) is 26.3. The fourth-order valence-electron chi connectivity index (χ4n) is 4.18. The van der Waals surface area contributed by atoms with Crippen molar-refractivity contribution in [2.24, 2.45) is 0 Å². The molecule has 4 rings (SSSR count). The molecule has 6 nitrogen and oxygen atoms in total. The third-order valence-corrected chi connectivity index (χ3v) is 6.14. The Balaban J connectivity index is 1.47. The summed E-state index contributed by atoms with van der Waals surface area (Å²) in [5.74, 6) is -0.882. The number of carbonyl (C=O) groups is 2. The number of rotatable bonds is 8. The van der Waals surface area contributed by atoms with Crippen molar-refractivity contribution in [2.45, 2.75) is 49.5 Å². The van der Waals surface area contributed by atoms with Gasteiger partial charge < -0.3 is 20.7 Å². The van der Waals surface area contributed by atoms with Crippen molar-refractivity contribution in [1.29, 1.82) is 0 Å². The first-order valence-electron chi connectivity index (χ1n) is 11.0. The Bertz CT molecular complexity index is 970. The molecule has 2 aromatic carbocycles. The minimum atomic E-state index is -4.77. The molecular weight excluding hydrogens is 435 g/mol. The lowest BCUT2D eigenvalue weighted by atomic mass is 9.94. The number of amides is 2. The summed E-state index contributed by atoms with van der Waals surface area (Å²) >= 11 is 0. The van der Waals surface area contributed by atoms with Crippen LogP contribution in [0.15, 0.2) is 54.6 Å². The standard InChI is InChI=1S/C24H26F3N3O3/c25-24(26,27)33-19-8-6-17(7-9-19)23(11-12-23)22(32)30-20(14-16-4-2-1-3-5-16)21(31)29-18-10-13-28-15-18/h1-9,18,20,28H,10-15H2,(H,29,31)(H,30,32). The molecule has 33 heavy (non-hydrogen) atoms. The quantitative estimate of drug-likeness (QED) is 0.565. The van der Waals surface area contributed by atoms with Gasteiger partial charge in [0.25, 0.3) is 0 Å². The zero-order chi connectivity index (χ0) is 23.5. The predicted molar refractivity (Wildman–Crippen MR) is 116 cm³/mol. The van der Waals surface area contributed by atoms with E-state index in [0.717, 1.165) is 18.5 Å². The minimum absolute atomic E-state index is 0.0173. The molecule has 3 N–H and O–H groups in total. The third-order valence-electron chi connectivity index (χ3n) is 6.14. The molecule has 2 fully saturated rings. The molecule has 0 bridgehead atoms. The van der Waals surface area contributed by atoms with Crippen LogP contribution in [0.4, 0.5) is 13.2 Å². The van der Waals surface area contributed by atoms with E-state index in [-0.39, 0.29) is 23.6 Å². The van der Waals surface area contributed by atoms with Crippen LogP contribution in [0.1, 0.15) is 30.4 Å². The first-order valence-corrected chi connectivity index (χ1v) is 11.0. The monoisotopic (exact) mass is 461 g/mol. The highest BCUT2D eigenvalue weighted by Crippen LogP contribution is 2.49. The van der Waals surface area contributed by atoms with Gasteiger partial charge in [0.2, 0.25) is 11.8 Å². The smallest absolute Gasteiger partial charge is 0.406 e. The summed E-state index contributed by atoms with van der Waals surface area (Å²) < 4.78 is 41.2. The Morgan fingerprint density at radius 3 is 2.36 bits per heavy atom. The van der Waals surface area contributed by atoms with E-state index in [0.29, 0.717) is 31.4 Å². The Hall–Kier alpha value is -3.07. The van der Waals surface area contributed by atoms with Crippen LogP contribution in [0.25, 0.3) is 0 Å². The molecule has 176 valence electrons. The Morgan fingerprint density at radius 2 is 1.79 bits per heavy atom. The van der Waals surface area contributed by atoms with Gasteiger partial charge in [-0.3, -0.25) is 9.59 Å². The number of carbonyl (C=O) groups excluding carboxylic acids is 2. The predicted octanol–water partition coefficient (Wildman–Crippen LogP) is 2.82. The second kappa shape index (κ2) is 9.43. The first kappa shape index (κ1) is 23.1. The zero-order valence-electron chi connectivity index (χ0n) is 18.0. The van der Waals surface area contributed by atoms with Crippen LogP contribution in [0.3, 0.4) is 0 Å². The van der Waals surface area contributed by atoms with Crippen molar-refractivity contribution < 1.29 is 27.5 Å². The molecule has 0 aromatic heterocycles. The van der Waals surface area contributed by atoms with Crippen molar-refractivity contribution in [3.05, 3.63) is 65.7 Å². The fraction of sp³-hybridized carbons (Fsp3) is 0.417. The normalized spacial score (nSPS) is 20.0. The van der Waals surface area contributed by atoms with Crippen LogP contribution in [0, 0.1) is 0 Å². The van der Waals surface area contributed by atoms with Crippen molar-refractivity contribution in [3.63, 3.8) is 0 Å². The molecular formula is C24H26F3N3O3. The van der Waals surface area contributed by atoms with Crippen molar-refractivity contribution in [2.75, 3.05) is 13.1 Å². The maximum Gasteiger partial charge on any atom is 0.573 e. The van der Waals surface area contributed by atoms with E-state index in [1.807, 2.05) is 30.3 Å². The highest BCUT2D eigenvalue weighted by Gasteiger charge is 2.52. The number of alkyl halides is 3. The lowest BCUT2D eigenvalue weighted by Crippen LogP contribution is -2.53. The third kappa shape index (κ3) is 5.84. The lowest BCUT2D eigenvalue weighted by molar-refractivity contribution is -0.274. The van der Waals surface area contributed by atoms with E-state index in [4.69, 9.17) is 0 Å². The van der Waals surface area contributed by atoms with Crippen LogP contribution in [-0.4, -0.2) is 43.3 Å². The van der Waals surface area contributed by atoms with E-state index >= 15 is 0 Å². The summed E-state index contributed by atoms with van der Waals surface area (Å²) in [5.41, 5.74) is 0.676. The average Bonchev–Trinajstić information content (AvgIpc) is 3.43. The molecule has 2 atom stereocenters. The lowest BCUT2D eigenvalue weighted by Gasteiger charge is -2.24. The van der Waals surface area contributed by atoms with Gasteiger partial charge in [0.15, 0.2) is 0 Å². The number of hydrogen-bond acceptors (Lipinski definition) is 4. The van der Waals surface area contributed by atoms with Gasteiger partial charge in [0.05, 0.1) is 5.41 Å². The van der Waals surface area contributed by atoms with E-state index in [1.165, 1.54) is 24.3 Å². The van der Waals surface area contributed by atoms with Crippen molar-refractivity contribution in [3.8, 4) is 5.75 Å². The molecule has 1 saturated carbocycles. The van der Waals surface area contributed by atoms with Gasteiger partial charge in [-0.25, -0.2) is 0 Å². The summed E-state index contributed by atoms with van der Waals surface area (Å²) in [6.45, 7) is 1.52. The number of benzene rings is 2. The molecule has 2 aromatic rings. The highest BCUT2D eigenvalue weighted by atomic mass is 19.4. The second-order valence-electron chi connectivity index (χ2n) is 8.57. The molecule has 2 unspecified atom stereocenters. The molecule has 2 amide bonds. The summed E-state index contributed by atoms with van der Waals surface area (Å²) in [7, 11) is 0. The van der Waals surface area contributed by atoms with Gasteiger partial charge in [-0.2, -0.15) is 0 Å². The van der Waals surface area contributed by atoms with Crippen molar-refractivity contribution in [1.82, 2.24) is 16.0 Å². The van der Waals surface area contributed by atoms with Gasteiger partial charge in [-0.15, -0.1) is 13.2 Å². The van der Waals surface area contributed by atoms with Crippen LogP contribution in [-0.2, 0) is 21.4 Å². The van der Waals surface area contributed by atoms with E-state index in [2.05, 4.69) is 20.7 Å². The van der Waals surface area contributed by atoms with Gasteiger partial charge in [-0.1, -0.05) is 42.5 Å². The van der Waals surface area contributed by atoms with Crippen LogP contribution < -0.4 is 20.7 Å². The highest BCUT2D eigenvalue weighted by molar-refractivity contribution is 5.95. The van der Waals surface area contributed by atoms with Gasteiger partial charge >= 0.3 is 6.36 Å². The largest absolute Gasteiger partial charge is 0.573 e. The summed E-state index contributed by atoms with van der Waals surface area (Å²) in [6.07, 6.45) is -2.49. The summed E-state index contributed by atoms with van der Waals surface area (Å²) in [6, 6.07) is 14.1. The minimum Gasteiger partial charge on any atom is -0.406 e. The first-order chi connectivity index (χ1) is 15.7. The van der Waals surface area contributed by atoms with Gasteiger partial charge in [-0.05, 0) is 49.1 Å². The topological polar surface area (TPSA) is 79.5 Å². The molecule has 0 spiro atoms. The van der Waals surface area contributed by atoms with Gasteiger partial charge in [0.1, 0.15) is 11.8 Å². The van der Waals surface area contributed by atoms with E-state index in [1.54, 1.807) is 0 Å². The SMILES string of the molecule is O=C(NC1CCNC1)C(Cc1ccccc1)NC(=O)C1(c2ccc(OC(F)(F)F)cc2)CC1. The Morgan fingerprint density at radius 1 is 1.09 bits per heavy atom. The maximum absolute atomic E-state index is 13.3. The molecule has 1 saturated heterocycles. The Kier molecular flexibility index (Phi) is 6.60. The van der Waals surface area contributed by atoms with Gasteiger partial charge in [0, 0.05) is 19.0 Å². The van der Waals surface area contributed by atoms with E-state index in [9.17, 15) is 22.8 Å². The molecule has 2 aliphatic rings. The van der Waals surface area contributed by atoms with Crippen LogP contribution in [0.2, 0.25) is 0 Å². The van der Waals surface area contributed by atoms with E-state index < -0.39 is 17.8 Å². The average molecular weight is 461 g/mol. The second-order valence-corrected chi connectivity index (χ2v) is 8.57. The molecule has 1 aliphatic heterocycles. The molecule has 1 heterocycles. The molecule has 1 aliphatic carbocycles. The molecule has 0 radical (unpaired) electrons. The fourth-order valence-corrected chi connectivity index (χ4v) is 4.18. The Labute approximate surface area is 189 Å².